The Labute approximate surface area is 85.1 Å². The van der Waals surface area contributed by atoms with Gasteiger partial charge in [-0.05, 0) is 6.07 Å². The molecule has 84 valence electrons. The number of halogens is 4. The molecule has 0 aliphatic carbocycles. The van der Waals surface area contributed by atoms with Crippen molar-refractivity contribution < 1.29 is 17.6 Å². The van der Waals surface area contributed by atoms with Gasteiger partial charge in [0.05, 0.1) is 11.3 Å². The molecule has 0 saturated heterocycles. The van der Waals surface area contributed by atoms with E-state index in [1.807, 2.05) is 0 Å². The summed E-state index contributed by atoms with van der Waals surface area (Å²) in [5.74, 6) is -1.28. The second kappa shape index (κ2) is 3.47. The summed E-state index contributed by atoms with van der Waals surface area (Å²) < 4.78 is 50.5. The first-order valence-corrected chi connectivity index (χ1v) is 4.36. The number of nitrogens with zero attached hydrogens (tertiary/aromatic N) is 1. The SMILES string of the molecule is CC(C)(C)c1nccc(C(F)(F)F)c1F. The van der Waals surface area contributed by atoms with E-state index in [2.05, 4.69) is 4.98 Å². The fourth-order valence-electron chi connectivity index (χ4n) is 1.19. The van der Waals surface area contributed by atoms with Gasteiger partial charge < -0.3 is 0 Å². The quantitative estimate of drug-likeness (QED) is 0.610. The van der Waals surface area contributed by atoms with Gasteiger partial charge in [-0.25, -0.2) is 4.39 Å². The number of hydrogen-bond donors (Lipinski definition) is 0. The van der Waals surface area contributed by atoms with Crippen molar-refractivity contribution in [3.63, 3.8) is 0 Å². The molecule has 1 rings (SSSR count). The van der Waals surface area contributed by atoms with Crippen molar-refractivity contribution >= 4 is 0 Å². The zero-order valence-corrected chi connectivity index (χ0v) is 8.61. The molecule has 0 unspecified atom stereocenters. The Morgan fingerprint density at radius 1 is 1.13 bits per heavy atom. The Bertz CT molecular complexity index is 330. The van der Waals surface area contributed by atoms with Gasteiger partial charge in [0, 0.05) is 11.6 Å². The summed E-state index contributed by atoms with van der Waals surface area (Å²) in [5.41, 5.74) is -2.18. The lowest BCUT2D eigenvalue weighted by Crippen LogP contribution is -2.19. The zero-order valence-electron chi connectivity index (χ0n) is 8.61. The molecule has 0 atom stereocenters. The summed E-state index contributed by atoms with van der Waals surface area (Å²) in [6.45, 7) is 4.83. The predicted molar refractivity (Wildman–Crippen MR) is 47.9 cm³/mol. The van der Waals surface area contributed by atoms with Crippen molar-refractivity contribution in [2.75, 3.05) is 0 Å². The summed E-state index contributed by atoms with van der Waals surface area (Å²) in [7, 11) is 0. The van der Waals surface area contributed by atoms with Crippen molar-refractivity contribution in [3.05, 3.63) is 29.3 Å². The molecule has 0 amide bonds. The Morgan fingerprint density at radius 3 is 2.07 bits per heavy atom. The lowest BCUT2D eigenvalue weighted by atomic mass is 9.90. The van der Waals surface area contributed by atoms with Crippen LogP contribution in [0.2, 0.25) is 0 Å². The molecule has 0 aliphatic rings. The van der Waals surface area contributed by atoms with Crippen molar-refractivity contribution in [1.82, 2.24) is 4.98 Å². The van der Waals surface area contributed by atoms with E-state index < -0.39 is 23.0 Å². The van der Waals surface area contributed by atoms with Gasteiger partial charge in [0.15, 0.2) is 5.82 Å². The third-order valence-electron chi connectivity index (χ3n) is 1.91. The number of alkyl halides is 3. The third-order valence-corrected chi connectivity index (χ3v) is 1.91. The van der Waals surface area contributed by atoms with Crippen LogP contribution in [0.15, 0.2) is 12.3 Å². The minimum Gasteiger partial charge on any atom is -0.258 e. The van der Waals surface area contributed by atoms with Crippen molar-refractivity contribution in [2.24, 2.45) is 0 Å². The van der Waals surface area contributed by atoms with Crippen LogP contribution in [-0.2, 0) is 11.6 Å². The highest BCUT2D eigenvalue weighted by Crippen LogP contribution is 2.34. The molecule has 15 heavy (non-hydrogen) atoms. The van der Waals surface area contributed by atoms with Gasteiger partial charge in [0.25, 0.3) is 0 Å². The highest BCUT2D eigenvalue weighted by molar-refractivity contribution is 5.26. The summed E-state index contributed by atoms with van der Waals surface area (Å²) in [4.78, 5) is 3.65. The molecule has 0 bridgehead atoms. The molecule has 0 aliphatic heterocycles. The number of hydrogen-bond acceptors (Lipinski definition) is 1. The van der Waals surface area contributed by atoms with E-state index in [0.29, 0.717) is 6.07 Å². The lowest BCUT2D eigenvalue weighted by Gasteiger charge is -2.20. The molecule has 0 radical (unpaired) electrons. The van der Waals surface area contributed by atoms with Crippen LogP contribution >= 0.6 is 0 Å². The van der Waals surface area contributed by atoms with Gasteiger partial charge in [-0.15, -0.1) is 0 Å². The standard InChI is InChI=1S/C10H11F4N/c1-9(2,3)8-7(11)6(4-5-15-8)10(12,13)14/h4-5H,1-3H3. The normalized spacial score (nSPS) is 13.0. The van der Waals surface area contributed by atoms with E-state index in [4.69, 9.17) is 0 Å². The minimum absolute atomic E-state index is 0.169. The minimum atomic E-state index is -4.67. The Kier molecular flexibility index (Phi) is 2.76. The van der Waals surface area contributed by atoms with Crippen LogP contribution in [0.5, 0.6) is 0 Å². The summed E-state index contributed by atoms with van der Waals surface area (Å²) in [5, 5.41) is 0. The van der Waals surface area contributed by atoms with Crippen molar-refractivity contribution in [2.45, 2.75) is 32.4 Å². The molecule has 1 aromatic rings. The fraction of sp³-hybridized carbons (Fsp3) is 0.500. The molecule has 0 spiro atoms. The van der Waals surface area contributed by atoms with Crippen LogP contribution in [0.1, 0.15) is 32.0 Å². The number of aromatic nitrogens is 1. The number of rotatable bonds is 0. The molecule has 0 N–H and O–H groups in total. The number of pyridine rings is 1. The van der Waals surface area contributed by atoms with E-state index in [9.17, 15) is 17.6 Å². The second-order valence-electron chi connectivity index (χ2n) is 4.27. The average Bonchev–Trinajstić information content (AvgIpc) is 1.99. The van der Waals surface area contributed by atoms with E-state index in [1.54, 1.807) is 20.8 Å². The highest BCUT2D eigenvalue weighted by atomic mass is 19.4. The van der Waals surface area contributed by atoms with Gasteiger partial charge in [-0.1, -0.05) is 20.8 Å². The monoisotopic (exact) mass is 221 g/mol. The van der Waals surface area contributed by atoms with Gasteiger partial charge in [0.1, 0.15) is 0 Å². The topological polar surface area (TPSA) is 12.9 Å². The fourth-order valence-corrected chi connectivity index (χ4v) is 1.19. The molecular formula is C10H11F4N. The Hall–Kier alpha value is -1.13. The van der Waals surface area contributed by atoms with Crippen LogP contribution in [0.3, 0.4) is 0 Å². The molecular weight excluding hydrogens is 210 g/mol. The first kappa shape index (κ1) is 11.9. The molecule has 0 saturated carbocycles. The van der Waals surface area contributed by atoms with Crippen molar-refractivity contribution in [3.8, 4) is 0 Å². The molecule has 1 aromatic heterocycles. The highest BCUT2D eigenvalue weighted by Gasteiger charge is 2.36. The van der Waals surface area contributed by atoms with E-state index in [0.717, 1.165) is 6.20 Å². The lowest BCUT2D eigenvalue weighted by molar-refractivity contribution is -0.140. The second-order valence-corrected chi connectivity index (χ2v) is 4.27. The maximum atomic E-state index is 13.5. The smallest absolute Gasteiger partial charge is 0.258 e. The molecule has 1 nitrogen and oxygen atoms in total. The van der Waals surface area contributed by atoms with E-state index in [1.165, 1.54) is 0 Å². The van der Waals surface area contributed by atoms with Crippen LogP contribution in [0.25, 0.3) is 0 Å². The largest absolute Gasteiger partial charge is 0.419 e. The predicted octanol–water partition coefficient (Wildman–Crippen LogP) is 3.54. The third kappa shape index (κ3) is 2.46. The molecule has 0 aromatic carbocycles. The molecule has 0 fully saturated rings. The van der Waals surface area contributed by atoms with Crippen LogP contribution in [-0.4, -0.2) is 4.98 Å². The van der Waals surface area contributed by atoms with E-state index in [-0.39, 0.29) is 5.69 Å². The first-order valence-electron chi connectivity index (χ1n) is 4.36. The average molecular weight is 221 g/mol. The van der Waals surface area contributed by atoms with Crippen molar-refractivity contribution in [1.29, 1.82) is 0 Å². The Balaban J connectivity index is 3.37. The van der Waals surface area contributed by atoms with Gasteiger partial charge in [-0.2, -0.15) is 13.2 Å². The summed E-state index contributed by atoms with van der Waals surface area (Å²) >= 11 is 0. The maximum absolute atomic E-state index is 13.5. The van der Waals surface area contributed by atoms with E-state index >= 15 is 0 Å². The van der Waals surface area contributed by atoms with Crippen LogP contribution in [0, 0.1) is 5.82 Å². The van der Waals surface area contributed by atoms with Crippen LogP contribution < -0.4 is 0 Å². The zero-order chi connectivity index (χ0) is 11.9. The van der Waals surface area contributed by atoms with Gasteiger partial charge >= 0.3 is 6.18 Å². The van der Waals surface area contributed by atoms with Gasteiger partial charge in [-0.3, -0.25) is 4.98 Å². The summed E-state index contributed by atoms with van der Waals surface area (Å²) in [6.07, 6.45) is -3.69. The van der Waals surface area contributed by atoms with Gasteiger partial charge in [0.2, 0.25) is 0 Å². The molecule has 1 heterocycles. The Morgan fingerprint density at radius 2 is 1.67 bits per heavy atom. The maximum Gasteiger partial charge on any atom is 0.419 e. The summed E-state index contributed by atoms with van der Waals surface area (Å²) in [6, 6.07) is 0.643. The molecule has 5 heteroatoms. The first-order chi connectivity index (χ1) is 6.64. The van der Waals surface area contributed by atoms with Crippen LogP contribution in [0.4, 0.5) is 17.6 Å².